The number of carbonyl (C=O) groups is 1. The van der Waals surface area contributed by atoms with Crippen LogP contribution in [0.2, 0.25) is 0 Å². The number of sulfone groups is 1. The Morgan fingerprint density at radius 3 is 2.58 bits per heavy atom. The molecule has 112 valence electrons. The van der Waals surface area contributed by atoms with Crippen LogP contribution in [0.1, 0.15) is 12.8 Å². The van der Waals surface area contributed by atoms with Gasteiger partial charge >= 0.3 is 5.97 Å². The Bertz CT molecular complexity index is 525. The summed E-state index contributed by atoms with van der Waals surface area (Å²) >= 11 is 0. The first-order valence-electron chi connectivity index (χ1n) is 5.61. The minimum atomic E-state index is -3.97. The molecule has 2 atom stereocenters. The number of rotatable bonds is 7. The van der Waals surface area contributed by atoms with Crippen LogP contribution in [0, 0.1) is 0 Å². The summed E-state index contributed by atoms with van der Waals surface area (Å²) in [6, 6.07) is -1.31. The predicted octanol–water partition coefficient (Wildman–Crippen LogP) is -1.42. The van der Waals surface area contributed by atoms with Crippen LogP contribution in [-0.2, 0) is 29.4 Å². The van der Waals surface area contributed by atoms with E-state index < -0.39 is 42.9 Å². The monoisotopic (exact) mass is 315 g/mol. The zero-order valence-corrected chi connectivity index (χ0v) is 12.0. The van der Waals surface area contributed by atoms with E-state index in [1.807, 2.05) is 4.72 Å². The highest BCUT2D eigenvalue weighted by molar-refractivity contribution is 7.95. The average molecular weight is 315 g/mol. The Morgan fingerprint density at radius 1 is 1.53 bits per heavy atom. The van der Waals surface area contributed by atoms with Crippen molar-refractivity contribution in [3.05, 3.63) is 0 Å². The van der Waals surface area contributed by atoms with Crippen molar-refractivity contribution in [2.45, 2.75) is 24.1 Å². The van der Waals surface area contributed by atoms with E-state index in [1.54, 1.807) is 0 Å². The molecule has 10 heteroatoms. The summed E-state index contributed by atoms with van der Waals surface area (Å²) in [7, 11) is -5.94. The summed E-state index contributed by atoms with van der Waals surface area (Å²) in [6.45, 7) is 0.0858. The highest BCUT2D eigenvalue weighted by atomic mass is 32.2. The SMILES string of the molecule is COCCC(NS(=O)(=O)C1CCS(=O)(=O)C1)C(=O)O. The number of nitrogens with one attached hydrogen (secondary N) is 1. The van der Waals surface area contributed by atoms with Crippen LogP contribution in [0.25, 0.3) is 0 Å². The van der Waals surface area contributed by atoms with Gasteiger partial charge in [0.2, 0.25) is 10.0 Å². The number of hydrogen-bond acceptors (Lipinski definition) is 6. The molecule has 1 aliphatic heterocycles. The minimum absolute atomic E-state index is 0.00567. The van der Waals surface area contributed by atoms with Crippen molar-refractivity contribution in [1.29, 1.82) is 0 Å². The summed E-state index contributed by atoms with van der Waals surface area (Å²) in [5.41, 5.74) is 0. The molecule has 19 heavy (non-hydrogen) atoms. The molecule has 0 aliphatic carbocycles. The van der Waals surface area contributed by atoms with Crippen LogP contribution in [0.3, 0.4) is 0 Å². The third kappa shape index (κ3) is 4.71. The molecule has 0 spiro atoms. The Labute approximate surface area is 112 Å². The number of carboxylic acids is 1. The lowest BCUT2D eigenvalue weighted by Crippen LogP contribution is -2.45. The molecule has 1 heterocycles. The van der Waals surface area contributed by atoms with Crippen LogP contribution in [-0.4, -0.2) is 64.4 Å². The van der Waals surface area contributed by atoms with Crippen molar-refractivity contribution >= 4 is 25.8 Å². The Morgan fingerprint density at radius 2 is 2.16 bits per heavy atom. The van der Waals surface area contributed by atoms with E-state index in [9.17, 15) is 21.6 Å². The molecule has 1 saturated heterocycles. The van der Waals surface area contributed by atoms with Gasteiger partial charge in [-0.25, -0.2) is 21.6 Å². The molecule has 0 aromatic rings. The quantitative estimate of drug-likeness (QED) is 0.590. The van der Waals surface area contributed by atoms with Crippen molar-refractivity contribution in [1.82, 2.24) is 4.72 Å². The van der Waals surface area contributed by atoms with Gasteiger partial charge in [0, 0.05) is 13.7 Å². The molecular formula is C9H17NO7S2. The van der Waals surface area contributed by atoms with Crippen molar-refractivity contribution in [2.75, 3.05) is 25.2 Å². The standard InChI is InChI=1S/C9H17NO7S2/c1-17-4-2-8(9(11)12)10-19(15,16)7-3-5-18(13,14)6-7/h7-8,10H,2-6H2,1H3,(H,11,12). The Balaban J connectivity index is 2.75. The van der Waals surface area contributed by atoms with Gasteiger partial charge in [-0.3, -0.25) is 4.79 Å². The Hall–Kier alpha value is -0.710. The van der Waals surface area contributed by atoms with E-state index >= 15 is 0 Å². The minimum Gasteiger partial charge on any atom is -0.480 e. The summed E-state index contributed by atoms with van der Waals surface area (Å²) in [6.07, 6.45) is -0.0290. The summed E-state index contributed by atoms with van der Waals surface area (Å²) in [4.78, 5) is 10.9. The number of aliphatic carboxylic acids is 1. The number of methoxy groups -OCH3 is 1. The fraction of sp³-hybridized carbons (Fsp3) is 0.889. The second-order valence-corrected chi connectivity index (χ2v) is 8.58. The maximum Gasteiger partial charge on any atom is 0.321 e. The summed E-state index contributed by atoms with van der Waals surface area (Å²) in [5.74, 6) is -1.96. The zero-order valence-electron chi connectivity index (χ0n) is 10.4. The maximum absolute atomic E-state index is 11.9. The van der Waals surface area contributed by atoms with E-state index in [2.05, 4.69) is 0 Å². The molecular weight excluding hydrogens is 298 g/mol. The lowest BCUT2D eigenvalue weighted by Gasteiger charge is -2.17. The number of carboxylic acid groups (broad SMARTS) is 1. The van der Waals surface area contributed by atoms with Gasteiger partial charge in [-0.15, -0.1) is 0 Å². The highest BCUT2D eigenvalue weighted by Gasteiger charge is 2.39. The zero-order chi connectivity index (χ0) is 14.7. The van der Waals surface area contributed by atoms with Gasteiger partial charge in [0.1, 0.15) is 6.04 Å². The normalized spacial score (nSPS) is 24.2. The number of hydrogen-bond donors (Lipinski definition) is 2. The van der Waals surface area contributed by atoms with Crippen LogP contribution in [0.15, 0.2) is 0 Å². The van der Waals surface area contributed by atoms with Gasteiger partial charge in [0.05, 0.1) is 16.8 Å². The molecule has 2 unspecified atom stereocenters. The lowest BCUT2D eigenvalue weighted by molar-refractivity contribution is -0.139. The second kappa shape index (κ2) is 6.16. The largest absolute Gasteiger partial charge is 0.480 e. The first-order valence-corrected chi connectivity index (χ1v) is 8.98. The van der Waals surface area contributed by atoms with Crippen LogP contribution in [0.4, 0.5) is 0 Å². The van der Waals surface area contributed by atoms with Crippen LogP contribution < -0.4 is 4.72 Å². The van der Waals surface area contributed by atoms with E-state index in [4.69, 9.17) is 9.84 Å². The van der Waals surface area contributed by atoms with Crippen molar-refractivity contribution < 1.29 is 31.5 Å². The summed E-state index contributed by atoms with van der Waals surface area (Å²) < 4.78 is 53.1. The third-order valence-corrected chi connectivity index (χ3v) is 6.72. The molecule has 0 bridgehead atoms. The molecule has 1 aliphatic rings. The van der Waals surface area contributed by atoms with Gasteiger partial charge < -0.3 is 9.84 Å². The molecule has 8 nitrogen and oxygen atoms in total. The van der Waals surface area contributed by atoms with Gasteiger partial charge in [-0.1, -0.05) is 0 Å². The smallest absolute Gasteiger partial charge is 0.321 e. The molecule has 1 rings (SSSR count). The van der Waals surface area contributed by atoms with E-state index in [-0.39, 0.29) is 25.2 Å². The molecule has 0 aromatic heterocycles. The fourth-order valence-electron chi connectivity index (χ4n) is 1.77. The average Bonchev–Trinajstić information content (AvgIpc) is 2.65. The molecule has 0 saturated carbocycles. The molecule has 0 radical (unpaired) electrons. The van der Waals surface area contributed by atoms with Gasteiger partial charge in [0.15, 0.2) is 9.84 Å². The topological polar surface area (TPSA) is 127 Å². The lowest BCUT2D eigenvalue weighted by atomic mass is 10.2. The van der Waals surface area contributed by atoms with Crippen molar-refractivity contribution in [2.24, 2.45) is 0 Å². The molecule has 1 fully saturated rings. The van der Waals surface area contributed by atoms with Crippen LogP contribution in [0.5, 0.6) is 0 Å². The third-order valence-electron chi connectivity index (χ3n) is 2.84. The van der Waals surface area contributed by atoms with E-state index in [0.29, 0.717) is 0 Å². The van der Waals surface area contributed by atoms with Crippen molar-refractivity contribution in [3.63, 3.8) is 0 Å². The van der Waals surface area contributed by atoms with E-state index in [1.165, 1.54) is 7.11 Å². The molecule has 2 N–H and O–H groups in total. The number of sulfonamides is 1. The van der Waals surface area contributed by atoms with Crippen molar-refractivity contribution in [3.8, 4) is 0 Å². The summed E-state index contributed by atoms with van der Waals surface area (Å²) in [5, 5.41) is 7.83. The van der Waals surface area contributed by atoms with Gasteiger partial charge in [-0.05, 0) is 12.8 Å². The fourth-order valence-corrected chi connectivity index (χ4v) is 6.04. The predicted molar refractivity (Wildman–Crippen MR) is 67.0 cm³/mol. The Kier molecular flexibility index (Phi) is 5.30. The maximum atomic E-state index is 11.9. The number of ether oxygens (including phenoxy) is 1. The first kappa shape index (κ1) is 16.3. The second-order valence-electron chi connectivity index (χ2n) is 4.36. The highest BCUT2D eigenvalue weighted by Crippen LogP contribution is 2.18. The van der Waals surface area contributed by atoms with Gasteiger partial charge in [0.25, 0.3) is 0 Å². The molecule has 0 amide bonds. The molecule has 0 aromatic carbocycles. The first-order chi connectivity index (χ1) is 8.68. The van der Waals surface area contributed by atoms with E-state index in [0.717, 1.165) is 0 Å². The van der Waals surface area contributed by atoms with Gasteiger partial charge in [-0.2, -0.15) is 0 Å². The van der Waals surface area contributed by atoms with Crippen LogP contribution >= 0.6 is 0 Å².